The summed E-state index contributed by atoms with van der Waals surface area (Å²) in [6, 6.07) is -0.893. The lowest BCUT2D eigenvalue weighted by Gasteiger charge is -2.48. The second-order valence-corrected chi connectivity index (χ2v) is 10.4. The highest BCUT2D eigenvalue weighted by Crippen LogP contribution is 2.40. The molecule has 2 aliphatic heterocycles. The molecule has 0 bridgehead atoms. The molecule has 9 nitrogen and oxygen atoms in total. The first-order chi connectivity index (χ1) is 13.5. The molecule has 1 saturated heterocycles. The van der Waals surface area contributed by atoms with Crippen LogP contribution in [0.4, 0.5) is 0 Å². The van der Waals surface area contributed by atoms with Crippen molar-refractivity contribution in [2.24, 2.45) is 5.16 Å². The maximum atomic E-state index is 12.4. The number of carbonyl (C=O) groups is 4. The van der Waals surface area contributed by atoms with Gasteiger partial charge in [-0.2, -0.15) is 0 Å². The van der Waals surface area contributed by atoms with Gasteiger partial charge in [0.15, 0.2) is 0 Å². The van der Waals surface area contributed by atoms with E-state index in [1.165, 1.54) is 30.0 Å². The quantitative estimate of drug-likeness (QED) is 0.128. The number of thioether (sulfide) groups is 1. The van der Waals surface area contributed by atoms with Crippen LogP contribution < -0.4 is 5.32 Å². The van der Waals surface area contributed by atoms with E-state index in [0.717, 1.165) is 0 Å². The number of Topliss-reactive ketones (excluding diaryl/α,β-unsaturated/α-hetero) is 1. The fraction of sp³-hybridized carbons (Fsp3) is 0.533. The van der Waals surface area contributed by atoms with Crippen LogP contribution in [-0.4, -0.2) is 73.7 Å². The van der Waals surface area contributed by atoms with E-state index in [0.29, 0.717) is 0 Å². The van der Waals surface area contributed by atoms with Gasteiger partial charge in [0.05, 0.1) is 10.9 Å². The minimum atomic E-state index is -1.75. The van der Waals surface area contributed by atoms with E-state index >= 15 is 0 Å². The van der Waals surface area contributed by atoms with E-state index in [4.69, 9.17) is 39.5 Å². The molecule has 0 aromatic rings. The summed E-state index contributed by atoms with van der Waals surface area (Å²) in [4.78, 5) is 54.5. The highest BCUT2D eigenvalue weighted by atomic mass is 79.9. The fourth-order valence-electron chi connectivity index (χ4n) is 2.47. The number of ketones is 1. The van der Waals surface area contributed by atoms with Gasteiger partial charge in [-0.1, -0.05) is 55.9 Å². The predicted octanol–water partition coefficient (Wildman–Crippen LogP) is 1.54. The van der Waals surface area contributed by atoms with E-state index in [1.54, 1.807) is 6.92 Å². The van der Waals surface area contributed by atoms with Crippen LogP contribution in [0.2, 0.25) is 0 Å². The summed E-state index contributed by atoms with van der Waals surface area (Å²) in [5, 5.41) is 4.93. The maximum Gasteiger partial charge on any atom is 0.336 e. The second kappa shape index (κ2) is 9.86. The number of hydrogen-bond donors (Lipinski definition) is 1. The number of nitrogens with zero attached hydrogens (tertiary/aromatic N) is 2. The first-order valence-electron chi connectivity index (χ1n) is 7.94. The number of oxime groups is 1. The Balaban J connectivity index is 2.08. The van der Waals surface area contributed by atoms with Gasteiger partial charge in [-0.15, -0.1) is 11.8 Å². The van der Waals surface area contributed by atoms with Crippen LogP contribution in [0.15, 0.2) is 16.9 Å². The summed E-state index contributed by atoms with van der Waals surface area (Å²) in [5.41, 5.74) is -0.245. The summed E-state index contributed by atoms with van der Waals surface area (Å²) >= 11 is 20.9. The summed E-state index contributed by atoms with van der Waals surface area (Å²) in [6.07, 6.45) is 1.35. The van der Waals surface area contributed by atoms with Gasteiger partial charge in [0, 0.05) is 11.4 Å². The Labute approximate surface area is 193 Å². The Kier molecular flexibility index (Phi) is 8.25. The van der Waals surface area contributed by atoms with Crippen molar-refractivity contribution in [3.05, 3.63) is 11.8 Å². The number of alkyl halides is 4. The second-order valence-electron chi connectivity index (χ2n) is 5.82. The molecule has 1 N–H and O–H groups in total. The van der Waals surface area contributed by atoms with E-state index in [1.807, 2.05) is 0 Å². The van der Waals surface area contributed by atoms with Crippen LogP contribution in [0.3, 0.4) is 0 Å². The standard InChI is InChI=1S/C15H15BrCl3N3O6S/c1-6-7(14(26)28-5-15(17,18)19)4-22-12(25)10(13(22)29-6)20-11(24)9(21-27-2)8(23)3-16/h4,6,10,13H,3,5H2,1-2H3,(H,20,24)/t6?,10?,13-/m1/s1. The molecule has 0 radical (unpaired) electrons. The average Bonchev–Trinajstić information content (AvgIpc) is 2.66. The Morgan fingerprint density at radius 3 is 2.59 bits per heavy atom. The van der Waals surface area contributed by atoms with E-state index in [-0.39, 0.29) is 16.2 Å². The predicted molar refractivity (Wildman–Crippen MR) is 112 cm³/mol. The number of ether oxygens (including phenoxy) is 1. The summed E-state index contributed by atoms with van der Waals surface area (Å²) in [5.74, 6) is -2.61. The number of rotatable bonds is 7. The molecule has 14 heteroatoms. The molecule has 2 rings (SSSR count). The van der Waals surface area contributed by atoms with Gasteiger partial charge in [-0.3, -0.25) is 14.4 Å². The zero-order valence-electron chi connectivity index (χ0n) is 15.0. The van der Waals surface area contributed by atoms with Crippen LogP contribution in [0.1, 0.15) is 6.92 Å². The maximum absolute atomic E-state index is 12.4. The monoisotopic (exact) mass is 549 g/mol. The van der Waals surface area contributed by atoms with Gasteiger partial charge in [-0.25, -0.2) is 4.79 Å². The zero-order chi connectivity index (χ0) is 21.9. The molecule has 2 amide bonds. The van der Waals surface area contributed by atoms with Gasteiger partial charge in [0.1, 0.15) is 25.1 Å². The Bertz CT molecular complexity index is 788. The molecule has 0 spiro atoms. The fourth-order valence-corrected chi connectivity index (χ4v) is 4.26. The van der Waals surface area contributed by atoms with Crippen molar-refractivity contribution >= 4 is 91.8 Å². The molecule has 0 aromatic heterocycles. The minimum Gasteiger partial charge on any atom is -0.458 e. The number of carbonyl (C=O) groups excluding carboxylic acids is 4. The Morgan fingerprint density at radius 2 is 2.03 bits per heavy atom. The van der Waals surface area contributed by atoms with Gasteiger partial charge in [0.2, 0.25) is 15.3 Å². The topological polar surface area (TPSA) is 114 Å². The molecule has 0 aliphatic carbocycles. The largest absolute Gasteiger partial charge is 0.458 e. The van der Waals surface area contributed by atoms with Crippen molar-refractivity contribution in [3.63, 3.8) is 0 Å². The number of esters is 1. The highest BCUT2D eigenvalue weighted by Gasteiger charge is 2.52. The van der Waals surface area contributed by atoms with Crippen LogP contribution in [-0.2, 0) is 28.8 Å². The molecular weight excluding hydrogens is 537 g/mol. The van der Waals surface area contributed by atoms with Crippen molar-refractivity contribution in [2.75, 3.05) is 19.0 Å². The molecule has 1 fully saturated rings. The van der Waals surface area contributed by atoms with Crippen molar-refractivity contribution in [3.8, 4) is 0 Å². The van der Waals surface area contributed by atoms with E-state index < -0.39 is 51.1 Å². The van der Waals surface area contributed by atoms with Gasteiger partial charge in [0.25, 0.3) is 11.8 Å². The molecule has 2 unspecified atom stereocenters. The number of nitrogens with one attached hydrogen (secondary N) is 1. The van der Waals surface area contributed by atoms with Gasteiger partial charge in [-0.05, 0) is 6.92 Å². The third-order valence-corrected chi connectivity index (χ3v) is 6.09. The Hall–Kier alpha value is -1.01. The molecule has 2 aliphatic rings. The number of halogens is 4. The number of fused-ring (bicyclic) bond motifs is 1. The van der Waals surface area contributed by atoms with Crippen LogP contribution in [0.25, 0.3) is 0 Å². The third kappa shape index (κ3) is 5.78. The van der Waals surface area contributed by atoms with Gasteiger partial charge >= 0.3 is 5.97 Å². The number of β-lactam (4-membered cyclic amide) rings is 1. The molecule has 0 aromatic carbocycles. The minimum absolute atomic E-state index is 0.134. The normalized spacial score (nSPS) is 24.1. The lowest BCUT2D eigenvalue weighted by Crippen LogP contribution is -2.69. The summed E-state index contributed by atoms with van der Waals surface area (Å²) < 4.78 is 3.20. The lowest BCUT2D eigenvalue weighted by molar-refractivity contribution is -0.144. The van der Waals surface area contributed by atoms with Crippen LogP contribution in [0, 0.1) is 0 Å². The van der Waals surface area contributed by atoms with Crippen LogP contribution in [0.5, 0.6) is 0 Å². The van der Waals surface area contributed by atoms with Crippen molar-refractivity contribution < 1.29 is 28.8 Å². The molecule has 0 saturated carbocycles. The highest BCUT2D eigenvalue weighted by molar-refractivity contribution is 9.09. The Morgan fingerprint density at radius 1 is 1.38 bits per heavy atom. The molecule has 160 valence electrons. The molecular formula is C15H15BrCl3N3O6S. The average molecular weight is 552 g/mol. The van der Waals surface area contributed by atoms with E-state index in [2.05, 4.69) is 31.2 Å². The molecule has 2 heterocycles. The van der Waals surface area contributed by atoms with Crippen molar-refractivity contribution in [1.82, 2.24) is 10.2 Å². The third-order valence-electron chi connectivity index (χ3n) is 3.81. The number of hydrogen-bond acceptors (Lipinski definition) is 8. The van der Waals surface area contributed by atoms with E-state index in [9.17, 15) is 19.2 Å². The smallest absolute Gasteiger partial charge is 0.336 e. The lowest BCUT2D eigenvalue weighted by atomic mass is 10.1. The molecule has 29 heavy (non-hydrogen) atoms. The van der Waals surface area contributed by atoms with Crippen LogP contribution >= 0.6 is 62.5 Å². The van der Waals surface area contributed by atoms with Crippen molar-refractivity contribution in [1.29, 1.82) is 0 Å². The summed E-state index contributed by atoms with van der Waals surface area (Å²) in [6.45, 7) is 1.29. The van der Waals surface area contributed by atoms with Crippen molar-refractivity contribution in [2.45, 2.75) is 27.4 Å². The molecule has 3 atom stereocenters. The van der Waals surface area contributed by atoms with Gasteiger partial charge < -0.3 is 19.8 Å². The SMILES string of the molecule is CON=C(C(=O)CBr)C(=O)NC1C(=O)N2C=C(C(=O)OCC(Cl)(Cl)Cl)C(C)S[C@H]12. The first-order valence-corrected chi connectivity index (χ1v) is 11.1. The first kappa shape index (κ1) is 24.3. The zero-order valence-corrected chi connectivity index (χ0v) is 19.7. The summed E-state index contributed by atoms with van der Waals surface area (Å²) in [7, 11) is 1.19. The number of amides is 2.